The molecule has 0 saturated heterocycles. The van der Waals surface area contributed by atoms with Crippen LogP contribution in [0.15, 0.2) is 53.3 Å². The standard InChI is InChI=1S/C22H22FN7O2/c23-16-7-5-15(6-8-16)13-29-22(32)28-12-11-17(9-10-20(28)27-29)24-21(31)14-30-25-18-3-1-2-4-19(18)26-30/h1-8,17H,9-14H2,(H,24,31). The van der Waals surface area contributed by atoms with Crippen LogP contribution in [0.2, 0.25) is 0 Å². The Labute approximate surface area is 182 Å². The Morgan fingerprint density at radius 2 is 1.75 bits per heavy atom. The van der Waals surface area contributed by atoms with Crippen LogP contribution in [0.1, 0.15) is 24.2 Å². The minimum Gasteiger partial charge on any atom is -0.352 e. The largest absolute Gasteiger partial charge is 0.352 e. The van der Waals surface area contributed by atoms with Crippen LogP contribution in [0.4, 0.5) is 4.39 Å². The Bertz CT molecular complexity index is 1290. The summed E-state index contributed by atoms with van der Waals surface area (Å²) in [6.45, 7) is 0.817. The first-order valence-electron chi connectivity index (χ1n) is 10.6. The highest BCUT2D eigenvalue weighted by molar-refractivity contribution is 5.77. The molecule has 0 saturated carbocycles. The minimum atomic E-state index is -0.313. The molecule has 0 radical (unpaired) electrons. The van der Waals surface area contributed by atoms with Crippen molar-refractivity contribution in [3.63, 3.8) is 0 Å². The fraction of sp³-hybridized carbons (Fsp3) is 0.318. The van der Waals surface area contributed by atoms with Crippen LogP contribution in [-0.4, -0.2) is 41.3 Å². The zero-order valence-corrected chi connectivity index (χ0v) is 17.3. The third-order valence-electron chi connectivity index (χ3n) is 5.64. The predicted octanol–water partition coefficient (Wildman–Crippen LogP) is 1.50. The Balaban J connectivity index is 1.21. The first-order valence-corrected chi connectivity index (χ1v) is 10.6. The van der Waals surface area contributed by atoms with E-state index >= 15 is 0 Å². The van der Waals surface area contributed by atoms with Gasteiger partial charge in [-0.3, -0.25) is 9.36 Å². The summed E-state index contributed by atoms with van der Waals surface area (Å²) in [5.41, 5.74) is 2.12. The lowest BCUT2D eigenvalue weighted by atomic mass is 10.1. The van der Waals surface area contributed by atoms with Crippen LogP contribution in [0, 0.1) is 5.82 Å². The summed E-state index contributed by atoms with van der Waals surface area (Å²) in [6, 6.07) is 13.4. The highest BCUT2D eigenvalue weighted by Crippen LogP contribution is 2.13. The molecule has 2 aromatic carbocycles. The Morgan fingerprint density at radius 1 is 1.03 bits per heavy atom. The van der Waals surface area contributed by atoms with Crippen molar-refractivity contribution in [3.05, 3.63) is 76.2 Å². The first-order chi connectivity index (χ1) is 15.5. The van der Waals surface area contributed by atoms with E-state index in [9.17, 15) is 14.0 Å². The predicted molar refractivity (Wildman–Crippen MR) is 114 cm³/mol. The van der Waals surface area contributed by atoms with Gasteiger partial charge in [-0.05, 0) is 42.7 Å². The van der Waals surface area contributed by atoms with Crippen molar-refractivity contribution in [3.8, 4) is 0 Å². The van der Waals surface area contributed by atoms with Crippen molar-refractivity contribution in [2.24, 2.45) is 0 Å². The van der Waals surface area contributed by atoms with Crippen LogP contribution < -0.4 is 11.0 Å². The highest BCUT2D eigenvalue weighted by Gasteiger charge is 2.22. The van der Waals surface area contributed by atoms with Crippen molar-refractivity contribution >= 4 is 16.9 Å². The normalized spacial score (nSPS) is 16.0. The second kappa shape index (κ2) is 8.37. The van der Waals surface area contributed by atoms with Crippen molar-refractivity contribution < 1.29 is 9.18 Å². The molecule has 1 aliphatic rings. The zero-order chi connectivity index (χ0) is 22.1. The first kappa shape index (κ1) is 20.1. The molecule has 10 heteroatoms. The molecule has 1 atom stereocenters. The fourth-order valence-electron chi connectivity index (χ4n) is 4.02. The smallest absolute Gasteiger partial charge is 0.346 e. The van der Waals surface area contributed by atoms with Gasteiger partial charge in [0.15, 0.2) is 0 Å². The molecule has 1 amide bonds. The Morgan fingerprint density at radius 3 is 2.47 bits per heavy atom. The highest BCUT2D eigenvalue weighted by atomic mass is 19.1. The van der Waals surface area contributed by atoms with Gasteiger partial charge in [-0.2, -0.15) is 20.1 Å². The molecular weight excluding hydrogens is 413 g/mol. The summed E-state index contributed by atoms with van der Waals surface area (Å²) < 4.78 is 16.2. The zero-order valence-electron chi connectivity index (χ0n) is 17.3. The molecule has 3 heterocycles. The topological polar surface area (TPSA) is 99.6 Å². The van der Waals surface area contributed by atoms with E-state index in [4.69, 9.17) is 0 Å². The molecule has 0 fully saturated rings. The number of nitrogens with zero attached hydrogens (tertiary/aromatic N) is 6. The lowest BCUT2D eigenvalue weighted by molar-refractivity contribution is -0.122. The number of fused-ring (bicyclic) bond motifs is 2. The van der Waals surface area contributed by atoms with Crippen molar-refractivity contribution in [1.82, 2.24) is 34.7 Å². The number of nitrogens with one attached hydrogen (secondary N) is 1. The molecular formula is C22H22FN7O2. The van der Waals surface area contributed by atoms with E-state index in [1.54, 1.807) is 16.7 Å². The van der Waals surface area contributed by atoms with E-state index < -0.39 is 0 Å². The molecule has 0 aliphatic carbocycles. The number of halogens is 1. The van der Waals surface area contributed by atoms with Crippen LogP contribution in [0.3, 0.4) is 0 Å². The SMILES string of the molecule is O=C(Cn1nc2ccccc2n1)NC1CCc2nn(Cc3ccc(F)cc3)c(=O)n2CC1. The van der Waals surface area contributed by atoms with Crippen molar-refractivity contribution in [2.75, 3.05) is 0 Å². The summed E-state index contributed by atoms with van der Waals surface area (Å²) in [4.78, 5) is 26.7. The number of carbonyl (C=O) groups excluding carboxylic acids is 1. The van der Waals surface area contributed by atoms with E-state index in [-0.39, 0.29) is 30.0 Å². The van der Waals surface area contributed by atoms with Gasteiger partial charge in [0.25, 0.3) is 0 Å². The molecule has 32 heavy (non-hydrogen) atoms. The molecule has 1 aliphatic heterocycles. The summed E-state index contributed by atoms with van der Waals surface area (Å²) >= 11 is 0. The fourth-order valence-corrected chi connectivity index (χ4v) is 4.02. The third-order valence-corrected chi connectivity index (χ3v) is 5.64. The van der Waals surface area contributed by atoms with Crippen molar-refractivity contribution in [1.29, 1.82) is 0 Å². The maximum absolute atomic E-state index is 13.1. The van der Waals surface area contributed by atoms with E-state index in [0.29, 0.717) is 38.2 Å². The van der Waals surface area contributed by atoms with E-state index in [0.717, 1.165) is 16.6 Å². The summed E-state index contributed by atoms with van der Waals surface area (Å²) in [5.74, 6) is 0.226. The second-order valence-electron chi connectivity index (χ2n) is 7.95. The molecule has 0 bridgehead atoms. The van der Waals surface area contributed by atoms with Gasteiger partial charge >= 0.3 is 5.69 Å². The van der Waals surface area contributed by atoms with Crippen molar-refractivity contribution in [2.45, 2.75) is 44.9 Å². The molecule has 9 nitrogen and oxygen atoms in total. The Kier molecular flexibility index (Phi) is 5.26. The summed E-state index contributed by atoms with van der Waals surface area (Å²) in [6.07, 6.45) is 1.91. The van der Waals surface area contributed by atoms with Gasteiger partial charge in [0.1, 0.15) is 29.2 Å². The molecule has 2 aromatic heterocycles. The van der Waals surface area contributed by atoms with Crippen LogP contribution in [0.5, 0.6) is 0 Å². The quantitative estimate of drug-likeness (QED) is 0.512. The van der Waals surface area contributed by atoms with Gasteiger partial charge in [0.05, 0.1) is 6.54 Å². The van der Waals surface area contributed by atoms with Gasteiger partial charge in [-0.15, -0.1) is 0 Å². The van der Waals surface area contributed by atoms with Gasteiger partial charge in [-0.1, -0.05) is 24.3 Å². The number of hydrogen-bond donors (Lipinski definition) is 1. The number of aromatic nitrogens is 6. The van der Waals surface area contributed by atoms with Gasteiger partial charge < -0.3 is 5.32 Å². The van der Waals surface area contributed by atoms with Crippen LogP contribution in [0.25, 0.3) is 11.0 Å². The monoisotopic (exact) mass is 435 g/mol. The maximum Gasteiger partial charge on any atom is 0.346 e. The van der Waals surface area contributed by atoms with Crippen LogP contribution in [-0.2, 0) is 30.8 Å². The lowest BCUT2D eigenvalue weighted by Gasteiger charge is -2.15. The number of aryl methyl sites for hydroxylation is 1. The van der Waals surface area contributed by atoms with Gasteiger partial charge in [-0.25, -0.2) is 13.9 Å². The van der Waals surface area contributed by atoms with Crippen LogP contribution >= 0.6 is 0 Å². The molecule has 4 aromatic rings. The molecule has 1 N–H and O–H groups in total. The molecule has 5 rings (SSSR count). The van der Waals surface area contributed by atoms with E-state index in [2.05, 4.69) is 20.6 Å². The average molecular weight is 435 g/mol. The number of amides is 1. The summed E-state index contributed by atoms with van der Waals surface area (Å²) in [5, 5.41) is 16.1. The number of carbonyl (C=O) groups is 1. The number of hydrogen-bond acceptors (Lipinski definition) is 5. The third kappa shape index (κ3) is 4.16. The lowest BCUT2D eigenvalue weighted by Crippen LogP contribution is -2.38. The number of rotatable bonds is 5. The molecule has 0 spiro atoms. The van der Waals surface area contributed by atoms with Gasteiger partial charge in [0.2, 0.25) is 5.91 Å². The van der Waals surface area contributed by atoms with E-state index in [1.165, 1.54) is 21.6 Å². The van der Waals surface area contributed by atoms with Gasteiger partial charge in [0, 0.05) is 19.0 Å². The molecule has 1 unspecified atom stereocenters. The second-order valence-corrected chi connectivity index (χ2v) is 7.95. The van der Waals surface area contributed by atoms with E-state index in [1.807, 2.05) is 24.3 Å². The average Bonchev–Trinajstić information content (AvgIpc) is 3.24. The maximum atomic E-state index is 13.1. The Hall–Kier alpha value is -3.82. The summed E-state index contributed by atoms with van der Waals surface area (Å²) in [7, 11) is 0. The number of benzene rings is 2. The minimum absolute atomic E-state index is 0.0419. The molecule has 164 valence electrons.